The molecule has 86 valence electrons. The number of nitrogens with one attached hydrogen (secondary N) is 1. The zero-order valence-corrected chi connectivity index (χ0v) is 8.50. The summed E-state index contributed by atoms with van der Waals surface area (Å²) in [4.78, 5) is 0. The molecule has 0 radical (unpaired) electrons. The molecule has 0 aliphatic carbocycles. The van der Waals surface area contributed by atoms with Gasteiger partial charge in [-0.05, 0) is 0 Å². The normalized spacial score (nSPS) is 13.0. The van der Waals surface area contributed by atoms with Gasteiger partial charge in [0, 0.05) is 24.8 Å². The molecule has 0 aliphatic rings. The summed E-state index contributed by atoms with van der Waals surface area (Å²) in [5.74, 6) is 0. The van der Waals surface area contributed by atoms with E-state index in [9.17, 15) is 0 Å². The van der Waals surface area contributed by atoms with Crippen LogP contribution in [0, 0.1) is 0 Å². The number of aromatic nitrogens is 2. The molecular formula is C9H17N3O3. The highest BCUT2D eigenvalue weighted by atomic mass is 16.3. The maximum absolute atomic E-state index is 9.06. The van der Waals surface area contributed by atoms with E-state index >= 15 is 0 Å². The lowest BCUT2D eigenvalue weighted by Crippen LogP contribution is -2.28. The fraction of sp³-hybridized carbons (Fsp3) is 0.667. The van der Waals surface area contributed by atoms with E-state index in [1.54, 1.807) is 10.9 Å². The van der Waals surface area contributed by atoms with Crippen molar-refractivity contribution >= 4 is 0 Å². The van der Waals surface area contributed by atoms with Crippen LogP contribution in [0.2, 0.25) is 0 Å². The van der Waals surface area contributed by atoms with E-state index in [-0.39, 0.29) is 13.2 Å². The maximum Gasteiger partial charge on any atom is 0.0895 e. The Labute approximate surface area is 88.2 Å². The van der Waals surface area contributed by atoms with Crippen LogP contribution in [-0.4, -0.2) is 51.0 Å². The Morgan fingerprint density at radius 2 is 2.27 bits per heavy atom. The second-order valence-electron chi connectivity index (χ2n) is 3.30. The van der Waals surface area contributed by atoms with Gasteiger partial charge in [-0.15, -0.1) is 0 Å². The summed E-state index contributed by atoms with van der Waals surface area (Å²) in [6, 6.07) is 0. The third-order valence-corrected chi connectivity index (χ3v) is 1.94. The molecule has 0 saturated heterocycles. The summed E-state index contributed by atoms with van der Waals surface area (Å²) < 4.78 is 1.65. The molecule has 0 aliphatic heterocycles. The van der Waals surface area contributed by atoms with Gasteiger partial charge in [0.15, 0.2) is 0 Å². The molecule has 1 unspecified atom stereocenters. The predicted octanol–water partition coefficient (Wildman–Crippen LogP) is -1.68. The van der Waals surface area contributed by atoms with Gasteiger partial charge in [-0.25, -0.2) is 0 Å². The highest BCUT2D eigenvalue weighted by Crippen LogP contribution is 1.96. The average Bonchev–Trinajstić information content (AvgIpc) is 2.66. The summed E-state index contributed by atoms with van der Waals surface area (Å²) in [6.45, 7) is 1.25. The minimum atomic E-state index is -0.725. The Hall–Kier alpha value is -0.950. The second-order valence-corrected chi connectivity index (χ2v) is 3.30. The molecule has 0 saturated carbocycles. The molecule has 15 heavy (non-hydrogen) atoms. The first-order valence-electron chi connectivity index (χ1n) is 4.88. The van der Waals surface area contributed by atoms with Crippen LogP contribution in [0.15, 0.2) is 12.4 Å². The first-order valence-corrected chi connectivity index (χ1v) is 4.88. The van der Waals surface area contributed by atoms with Crippen LogP contribution in [0.5, 0.6) is 0 Å². The van der Waals surface area contributed by atoms with E-state index in [1.807, 2.05) is 6.20 Å². The van der Waals surface area contributed by atoms with Gasteiger partial charge in [0.2, 0.25) is 0 Å². The fourth-order valence-electron chi connectivity index (χ4n) is 1.17. The van der Waals surface area contributed by atoms with Crippen molar-refractivity contribution < 1.29 is 15.3 Å². The molecule has 1 rings (SSSR count). The number of hydrogen-bond acceptors (Lipinski definition) is 5. The van der Waals surface area contributed by atoms with Crippen molar-refractivity contribution in [1.82, 2.24) is 15.1 Å². The molecule has 6 heteroatoms. The monoisotopic (exact) mass is 215 g/mol. The average molecular weight is 215 g/mol. The Morgan fingerprint density at radius 3 is 2.93 bits per heavy atom. The van der Waals surface area contributed by atoms with Crippen LogP contribution in [0.3, 0.4) is 0 Å². The Bertz CT molecular complexity index is 277. The first-order chi connectivity index (χ1) is 7.26. The summed E-state index contributed by atoms with van der Waals surface area (Å²) in [6.07, 6.45) is 2.81. The van der Waals surface area contributed by atoms with E-state index in [0.717, 1.165) is 5.56 Å². The van der Waals surface area contributed by atoms with Crippen LogP contribution in [0.25, 0.3) is 0 Å². The number of aliphatic hydroxyl groups is 3. The van der Waals surface area contributed by atoms with Crippen LogP contribution < -0.4 is 5.32 Å². The summed E-state index contributed by atoms with van der Waals surface area (Å²) in [5, 5.41) is 33.3. The molecule has 0 bridgehead atoms. The molecule has 6 nitrogen and oxygen atoms in total. The highest BCUT2D eigenvalue weighted by Gasteiger charge is 2.02. The smallest absolute Gasteiger partial charge is 0.0895 e. The predicted molar refractivity (Wildman–Crippen MR) is 54.1 cm³/mol. The molecule has 1 atom stereocenters. The highest BCUT2D eigenvalue weighted by molar-refractivity contribution is 5.03. The lowest BCUT2D eigenvalue weighted by atomic mass is 10.3. The van der Waals surface area contributed by atoms with Gasteiger partial charge in [-0.3, -0.25) is 4.68 Å². The van der Waals surface area contributed by atoms with Gasteiger partial charge in [-0.2, -0.15) is 5.10 Å². The van der Waals surface area contributed by atoms with Crippen LogP contribution in [-0.2, 0) is 13.1 Å². The molecule has 0 aromatic carbocycles. The number of rotatable bonds is 7. The fourth-order valence-corrected chi connectivity index (χ4v) is 1.17. The van der Waals surface area contributed by atoms with E-state index < -0.39 is 6.10 Å². The summed E-state index contributed by atoms with van der Waals surface area (Å²) in [7, 11) is 0. The van der Waals surface area contributed by atoms with Crippen molar-refractivity contribution in [2.24, 2.45) is 0 Å². The maximum atomic E-state index is 9.06. The summed E-state index contributed by atoms with van der Waals surface area (Å²) in [5.41, 5.74) is 0.980. The molecule has 0 amide bonds. The van der Waals surface area contributed by atoms with Crippen molar-refractivity contribution in [1.29, 1.82) is 0 Å². The standard InChI is InChI=1S/C9H17N3O3/c13-2-1-12-6-8(4-11-12)3-10-5-9(15)7-14/h4,6,9-10,13-15H,1-3,5,7H2. The van der Waals surface area contributed by atoms with Crippen molar-refractivity contribution in [3.05, 3.63) is 18.0 Å². The quantitative estimate of drug-likeness (QED) is 0.436. The van der Waals surface area contributed by atoms with Crippen LogP contribution in [0.4, 0.5) is 0 Å². The van der Waals surface area contributed by atoms with Gasteiger partial charge in [-0.1, -0.05) is 0 Å². The van der Waals surface area contributed by atoms with Crippen LogP contribution in [0.1, 0.15) is 5.56 Å². The molecule has 1 aromatic rings. The first kappa shape index (κ1) is 12.1. The minimum absolute atomic E-state index is 0.0672. The van der Waals surface area contributed by atoms with Gasteiger partial charge in [0.05, 0.1) is 32.1 Å². The van der Waals surface area contributed by atoms with Crippen LogP contribution >= 0.6 is 0 Å². The van der Waals surface area contributed by atoms with Crippen molar-refractivity contribution in [3.8, 4) is 0 Å². The summed E-state index contributed by atoms with van der Waals surface area (Å²) >= 11 is 0. The third-order valence-electron chi connectivity index (χ3n) is 1.94. The largest absolute Gasteiger partial charge is 0.394 e. The van der Waals surface area contributed by atoms with E-state index in [1.165, 1.54) is 0 Å². The third kappa shape index (κ3) is 4.39. The van der Waals surface area contributed by atoms with Crippen molar-refractivity contribution in [2.75, 3.05) is 19.8 Å². The van der Waals surface area contributed by atoms with E-state index in [4.69, 9.17) is 15.3 Å². The number of nitrogens with zero attached hydrogens (tertiary/aromatic N) is 2. The van der Waals surface area contributed by atoms with Gasteiger partial charge in [0.25, 0.3) is 0 Å². The molecule has 0 fully saturated rings. The molecule has 0 spiro atoms. The minimum Gasteiger partial charge on any atom is -0.394 e. The topological polar surface area (TPSA) is 90.5 Å². The molecule has 1 aromatic heterocycles. The van der Waals surface area contributed by atoms with E-state index in [0.29, 0.717) is 19.6 Å². The van der Waals surface area contributed by atoms with Gasteiger partial charge in [0.1, 0.15) is 0 Å². The zero-order chi connectivity index (χ0) is 11.1. The lowest BCUT2D eigenvalue weighted by Gasteiger charge is -2.07. The van der Waals surface area contributed by atoms with Crippen molar-refractivity contribution in [2.45, 2.75) is 19.2 Å². The van der Waals surface area contributed by atoms with Gasteiger partial charge < -0.3 is 20.6 Å². The van der Waals surface area contributed by atoms with Gasteiger partial charge >= 0.3 is 0 Å². The Kier molecular flexibility index (Phi) is 5.27. The van der Waals surface area contributed by atoms with Crippen molar-refractivity contribution in [3.63, 3.8) is 0 Å². The number of hydrogen-bond donors (Lipinski definition) is 4. The SMILES string of the molecule is OCCn1cc(CNCC(O)CO)cn1. The van der Waals surface area contributed by atoms with E-state index in [2.05, 4.69) is 10.4 Å². The Balaban J connectivity index is 2.25. The zero-order valence-electron chi connectivity index (χ0n) is 8.50. The number of aliphatic hydroxyl groups excluding tert-OH is 3. The molecule has 1 heterocycles. The molecule has 4 N–H and O–H groups in total. The molecular weight excluding hydrogens is 198 g/mol. The lowest BCUT2D eigenvalue weighted by molar-refractivity contribution is 0.0942. The Morgan fingerprint density at radius 1 is 1.47 bits per heavy atom. The second kappa shape index (κ2) is 6.52.